The largest absolute Gasteiger partial charge is 0.369 e. The van der Waals surface area contributed by atoms with E-state index in [1.54, 1.807) is 12.3 Å². The standard InChI is InChI=1S/C13H21N5O/c14-3-1-5-17-6-8-18(9-7-17)11-2-4-16-12(10-11)13(15)19/h2,4,10H,1,3,5-9,14H2,(H2,15,19). The van der Waals surface area contributed by atoms with Crippen LogP contribution >= 0.6 is 0 Å². The van der Waals surface area contributed by atoms with E-state index in [1.807, 2.05) is 6.07 Å². The molecule has 1 aromatic heterocycles. The minimum atomic E-state index is -0.483. The van der Waals surface area contributed by atoms with Crippen molar-refractivity contribution in [2.75, 3.05) is 44.2 Å². The number of hydrogen-bond donors (Lipinski definition) is 2. The molecular formula is C13H21N5O. The van der Waals surface area contributed by atoms with Crippen LogP contribution in [0.15, 0.2) is 18.3 Å². The highest BCUT2D eigenvalue weighted by atomic mass is 16.1. The molecule has 0 saturated carbocycles. The van der Waals surface area contributed by atoms with Gasteiger partial charge in [-0.1, -0.05) is 0 Å². The van der Waals surface area contributed by atoms with Crippen molar-refractivity contribution >= 4 is 11.6 Å². The number of pyridine rings is 1. The quantitative estimate of drug-likeness (QED) is 0.758. The number of hydrogen-bond acceptors (Lipinski definition) is 5. The minimum absolute atomic E-state index is 0.322. The second-order valence-electron chi connectivity index (χ2n) is 4.73. The summed E-state index contributed by atoms with van der Waals surface area (Å²) >= 11 is 0. The Morgan fingerprint density at radius 1 is 1.32 bits per heavy atom. The van der Waals surface area contributed by atoms with Gasteiger partial charge < -0.3 is 16.4 Å². The van der Waals surface area contributed by atoms with Crippen molar-refractivity contribution in [1.82, 2.24) is 9.88 Å². The zero-order valence-electron chi connectivity index (χ0n) is 11.1. The second-order valence-corrected chi connectivity index (χ2v) is 4.73. The van der Waals surface area contributed by atoms with Crippen molar-refractivity contribution in [3.63, 3.8) is 0 Å². The number of rotatable bonds is 5. The van der Waals surface area contributed by atoms with Gasteiger partial charge in [0.1, 0.15) is 5.69 Å². The molecule has 0 spiro atoms. The smallest absolute Gasteiger partial charge is 0.267 e. The van der Waals surface area contributed by atoms with Gasteiger partial charge in [0.2, 0.25) is 0 Å². The lowest BCUT2D eigenvalue weighted by Gasteiger charge is -2.36. The summed E-state index contributed by atoms with van der Waals surface area (Å²) in [5.74, 6) is -0.483. The molecule has 6 nitrogen and oxygen atoms in total. The van der Waals surface area contributed by atoms with Crippen LogP contribution in [-0.4, -0.2) is 55.1 Å². The topological polar surface area (TPSA) is 88.5 Å². The second kappa shape index (κ2) is 6.49. The Balaban J connectivity index is 1.94. The van der Waals surface area contributed by atoms with Gasteiger partial charge in [0.25, 0.3) is 5.91 Å². The first kappa shape index (κ1) is 13.8. The van der Waals surface area contributed by atoms with Gasteiger partial charge in [-0.05, 0) is 31.6 Å². The highest BCUT2D eigenvalue weighted by Crippen LogP contribution is 2.16. The van der Waals surface area contributed by atoms with Gasteiger partial charge in [-0.3, -0.25) is 14.7 Å². The Labute approximate surface area is 113 Å². The van der Waals surface area contributed by atoms with E-state index in [4.69, 9.17) is 11.5 Å². The molecule has 0 radical (unpaired) electrons. The lowest BCUT2D eigenvalue weighted by atomic mass is 10.2. The normalized spacial score (nSPS) is 16.6. The van der Waals surface area contributed by atoms with Crippen molar-refractivity contribution in [3.05, 3.63) is 24.0 Å². The molecule has 0 aromatic carbocycles. The van der Waals surface area contributed by atoms with Crippen LogP contribution in [-0.2, 0) is 0 Å². The molecule has 104 valence electrons. The number of anilines is 1. The lowest BCUT2D eigenvalue weighted by molar-refractivity contribution is 0.0995. The van der Waals surface area contributed by atoms with Crippen LogP contribution in [0.2, 0.25) is 0 Å². The fourth-order valence-electron chi connectivity index (χ4n) is 2.30. The van der Waals surface area contributed by atoms with E-state index in [-0.39, 0.29) is 0 Å². The molecule has 1 saturated heterocycles. The molecule has 4 N–H and O–H groups in total. The molecule has 19 heavy (non-hydrogen) atoms. The van der Waals surface area contributed by atoms with Crippen molar-refractivity contribution < 1.29 is 4.79 Å². The maximum Gasteiger partial charge on any atom is 0.267 e. The van der Waals surface area contributed by atoms with E-state index in [9.17, 15) is 4.79 Å². The third-order valence-electron chi connectivity index (χ3n) is 3.41. The average Bonchev–Trinajstić information content (AvgIpc) is 2.46. The molecule has 1 amide bonds. The SMILES string of the molecule is NCCCN1CCN(c2ccnc(C(N)=O)c2)CC1. The van der Waals surface area contributed by atoms with Gasteiger partial charge in [-0.2, -0.15) is 0 Å². The van der Waals surface area contributed by atoms with Gasteiger partial charge in [0.15, 0.2) is 0 Å². The minimum Gasteiger partial charge on any atom is -0.369 e. The summed E-state index contributed by atoms with van der Waals surface area (Å²) in [7, 11) is 0. The van der Waals surface area contributed by atoms with Gasteiger partial charge in [0, 0.05) is 38.1 Å². The molecule has 6 heteroatoms. The fourth-order valence-corrected chi connectivity index (χ4v) is 2.30. The molecule has 1 aliphatic rings. The Morgan fingerprint density at radius 3 is 2.68 bits per heavy atom. The van der Waals surface area contributed by atoms with Crippen LogP contribution in [0.5, 0.6) is 0 Å². The first-order valence-corrected chi connectivity index (χ1v) is 6.64. The average molecular weight is 263 g/mol. The first-order valence-electron chi connectivity index (χ1n) is 6.64. The number of piperazine rings is 1. The van der Waals surface area contributed by atoms with Gasteiger partial charge in [-0.25, -0.2) is 0 Å². The third kappa shape index (κ3) is 3.65. The van der Waals surface area contributed by atoms with E-state index in [0.717, 1.165) is 51.4 Å². The number of nitrogens with two attached hydrogens (primary N) is 2. The van der Waals surface area contributed by atoms with Gasteiger partial charge >= 0.3 is 0 Å². The number of carbonyl (C=O) groups is 1. The van der Waals surface area contributed by atoms with Gasteiger partial charge in [0.05, 0.1) is 0 Å². The van der Waals surface area contributed by atoms with Gasteiger partial charge in [-0.15, -0.1) is 0 Å². The summed E-state index contributed by atoms with van der Waals surface area (Å²) in [4.78, 5) is 19.8. The lowest BCUT2D eigenvalue weighted by Crippen LogP contribution is -2.47. The van der Waals surface area contributed by atoms with Crippen molar-refractivity contribution in [2.45, 2.75) is 6.42 Å². The summed E-state index contributed by atoms with van der Waals surface area (Å²) in [6.45, 7) is 5.75. The summed E-state index contributed by atoms with van der Waals surface area (Å²) in [6.07, 6.45) is 2.68. The highest BCUT2D eigenvalue weighted by molar-refractivity contribution is 5.91. The van der Waals surface area contributed by atoms with Crippen LogP contribution in [0.25, 0.3) is 0 Å². The Hall–Kier alpha value is -1.66. The number of aromatic nitrogens is 1. The Bertz CT molecular complexity index is 429. The molecule has 2 rings (SSSR count). The summed E-state index contributed by atoms with van der Waals surface area (Å²) in [6, 6.07) is 3.68. The zero-order chi connectivity index (χ0) is 13.7. The van der Waals surface area contributed by atoms with Crippen LogP contribution in [0.1, 0.15) is 16.9 Å². The third-order valence-corrected chi connectivity index (χ3v) is 3.41. The molecule has 1 aliphatic heterocycles. The zero-order valence-corrected chi connectivity index (χ0v) is 11.1. The molecule has 0 aliphatic carbocycles. The summed E-state index contributed by atoms with van der Waals surface area (Å²) in [5.41, 5.74) is 12.1. The van der Waals surface area contributed by atoms with E-state index >= 15 is 0 Å². The number of nitrogens with zero attached hydrogens (tertiary/aromatic N) is 3. The molecule has 2 heterocycles. The Kier molecular flexibility index (Phi) is 4.70. The molecular weight excluding hydrogens is 242 g/mol. The van der Waals surface area contributed by atoms with Crippen LogP contribution in [0.3, 0.4) is 0 Å². The van der Waals surface area contributed by atoms with E-state index in [2.05, 4.69) is 14.8 Å². The predicted molar refractivity (Wildman–Crippen MR) is 75.1 cm³/mol. The Morgan fingerprint density at radius 2 is 2.05 bits per heavy atom. The predicted octanol–water partition coefficient (Wildman–Crippen LogP) is -0.349. The molecule has 0 unspecified atom stereocenters. The van der Waals surface area contributed by atoms with Crippen LogP contribution in [0, 0.1) is 0 Å². The van der Waals surface area contributed by atoms with Crippen LogP contribution in [0.4, 0.5) is 5.69 Å². The van der Waals surface area contributed by atoms with E-state index in [0.29, 0.717) is 5.69 Å². The number of amides is 1. The molecule has 1 fully saturated rings. The summed E-state index contributed by atoms with van der Waals surface area (Å²) < 4.78 is 0. The van der Waals surface area contributed by atoms with Crippen molar-refractivity contribution in [2.24, 2.45) is 11.5 Å². The highest BCUT2D eigenvalue weighted by Gasteiger charge is 2.17. The van der Waals surface area contributed by atoms with E-state index in [1.165, 1.54) is 0 Å². The molecule has 0 bridgehead atoms. The van der Waals surface area contributed by atoms with Crippen molar-refractivity contribution in [1.29, 1.82) is 0 Å². The summed E-state index contributed by atoms with van der Waals surface area (Å²) in [5, 5.41) is 0. The van der Waals surface area contributed by atoms with Crippen molar-refractivity contribution in [3.8, 4) is 0 Å². The number of carbonyl (C=O) groups excluding carboxylic acids is 1. The molecule has 0 atom stereocenters. The fraction of sp³-hybridized carbons (Fsp3) is 0.538. The van der Waals surface area contributed by atoms with Crippen LogP contribution < -0.4 is 16.4 Å². The van der Waals surface area contributed by atoms with E-state index < -0.39 is 5.91 Å². The number of primary amides is 1. The maximum absolute atomic E-state index is 11.1. The first-order chi connectivity index (χ1) is 9.20. The monoisotopic (exact) mass is 263 g/mol. The maximum atomic E-state index is 11.1. The molecule has 1 aromatic rings.